The molecule has 150 valence electrons. The second-order valence-corrected chi connectivity index (χ2v) is 6.65. The first kappa shape index (κ1) is 21.2. The molecule has 0 aliphatic heterocycles. The third kappa shape index (κ3) is 6.90. The first-order valence-electron chi connectivity index (χ1n) is 9.29. The van der Waals surface area contributed by atoms with Crippen molar-refractivity contribution in [3.8, 4) is 11.5 Å². The molecule has 0 aliphatic carbocycles. The minimum absolute atomic E-state index is 0.195. The fourth-order valence-electron chi connectivity index (χ4n) is 2.37. The summed E-state index contributed by atoms with van der Waals surface area (Å²) in [5.74, 6) is 1.39. The molecule has 7 heteroatoms. The number of carbonyl (C=O) groups is 2. The zero-order valence-electron chi connectivity index (χ0n) is 16.5. The number of nitrogens with zero attached hydrogens (tertiary/aromatic N) is 1. The molecule has 1 heterocycles. The predicted molar refractivity (Wildman–Crippen MR) is 107 cm³/mol. The Balaban J connectivity index is 1.79. The maximum atomic E-state index is 12.2. The molecule has 2 amide bonds. The quantitative estimate of drug-likeness (QED) is 0.614. The van der Waals surface area contributed by atoms with Gasteiger partial charge in [0.1, 0.15) is 23.8 Å². The molecule has 0 bridgehead atoms. The third-order valence-corrected chi connectivity index (χ3v) is 3.98. The Morgan fingerprint density at radius 1 is 1.00 bits per heavy atom. The summed E-state index contributed by atoms with van der Waals surface area (Å²) in [6.45, 7) is 5.42. The minimum atomic E-state index is -0.352. The Hall–Kier alpha value is -3.09. The molecule has 0 fully saturated rings. The van der Waals surface area contributed by atoms with E-state index in [1.807, 2.05) is 0 Å². The van der Waals surface area contributed by atoms with Crippen molar-refractivity contribution in [2.45, 2.75) is 20.3 Å². The zero-order chi connectivity index (χ0) is 20.4. The van der Waals surface area contributed by atoms with Crippen molar-refractivity contribution in [2.75, 3.05) is 26.8 Å². The summed E-state index contributed by atoms with van der Waals surface area (Å²) in [5.41, 5.74) is 0.611. The number of nitrogens with one attached hydrogen (secondary N) is 2. The standard InChI is InChI=1S/C21H27N3O4/c1-15(2)8-10-23-20(25)16-9-11-22-19(14-16)21(26)24-12-13-28-18-6-4-17(27-3)5-7-18/h4-7,9,11,14-15H,8,10,12-13H2,1-3H3,(H,23,25)(H,24,26). The van der Waals surface area contributed by atoms with Crippen LogP contribution in [0.1, 0.15) is 41.1 Å². The van der Waals surface area contributed by atoms with E-state index in [1.54, 1.807) is 37.4 Å². The Morgan fingerprint density at radius 2 is 1.68 bits per heavy atom. The number of benzene rings is 1. The molecule has 1 aromatic carbocycles. The van der Waals surface area contributed by atoms with E-state index in [2.05, 4.69) is 29.5 Å². The van der Waals surface area contributed by atoms with E-state index in [-0.39, 0.29) is 17.5 Å². The lowest BCUT2D eigenvalue weighted by molar-refractivity contribution is 0.0942. The van der Waals surface area contributed by atoms with Crippen LogP contribution in [0, 0.1) is 5.92 Å². The van der Waals surface area contributed by atoms with Crippen LogP contribution in [0.2, 0.25) is 0 Å². The number of pyridine rings is 1. The summed E-state index contributed by atoms with van der Waals surface area (Å²) in [6.07, 6.45) is 2.36. The van der Waals surface area contributed by atoms with E-state index in [0.29, 0.717) is 36.9 Å². The van der Waals surface area contributed by atoms with Crippen molar-refractivity contribution in [1.29, 1.82) is 0 Å². The van der Waals surface area contributed by atoms with Gasteiger partial charge in [-0.3, -0.25) is 14.6 Å². The fourth-order valence-corrected chi connectivity index (χ4v) is 2.37. The van der Waals surface area contributed by atoms with Gasteiger partial charge in [-0.25, -0.2) is 0 Å². The molecule has 0 unspecified atom stereocenters. The Kier molecular flexibility index (Phi) is 8.27. The summed E-state index contributed by atoms with van der Waals surface area (Å²) in [4.78, 5) is 28.4. The van der Waals surface area contributed by atoms with Crippen LogP contribution >= 0.6 is 0 Å². The van der Waals surface area contributed by atoms with Crippen LogP contribution in [0.15, 0.2) is 42.6 Å². The number of carbonyl (C=O) groups excluding carboxylic acids is 2. The van der Waals surface area contributed by atoms with Gasteiger partial charge >= 0.3 is 0 Å². The molecule has 2 rings (SSSR count). The van der Waals surface area contributed by atoms with Gasteiger partial charge in [-0.15, -0.1) is 0 Å². The van der Waals surface area contributed by atoms with Crippen molar-refractivity contribution in [3.63, 3.8) is 0 Å². The van der Waals surface area contributed by atoms with Crippen LogP contribution < -0.4 is 20.1 Å². The predicted octanol–water partition coefficient (Wildman–Crippen LogP) is 2.67. The van der Waals surface area contributed by atoms with Crippen LogP contribution in [-0.4, -0.2) is 43.6 Å². The average molecular weight is 385 g/mol. The fraction of sp³-hybridized carbons (Fsp3) is 0.381. The molecular formula is C21H27N3O4. The summed E-state index contributed by atoms with van der Waals surface area (Å²) in [5, 5.41) is 5.58. The van der Waals surface area contributed by atoms with Crippen LogP contribution in [0.4, 0.5) is 0 Å². The molecule has 0 radical (unpaired) electrons. The number of methoxy groups -OCH3 is 1. The van der Waals surface area contributed by atoms with Gasteiger partial charge in [0, 0.05) is 18.3 Å². The molecule has 0 aliphatic rings. The second-order valence-electron chi connectivity index (χ2n) is 6.65. The van der Waals surface area contributed by atoms with Crippen molar-refractivity contribution >= 4 is 11.8 Å². The summed E-state index contributed by atoms with van der Waals surface area (Å²) in [6, 6.07) is 10.3. The molecule has 2 N–H and O–H groups in total. The highest BCUT2D eigenvalue weighted by molar-refractivity contribution is 5.98. The largest absolute Gasteiger partial charge is 0.497 e. The molecule has 0 spiro atoms. The second kappa shape index (κ2) is 10.9. The maximum absolute atomic E-state index is 12.2. The number of hydrogen-bond donors (Lipinski definition) is 2. The minimum Gasteiger partial charge on any atom is -0.497 e. The van der Waals surface area contributed by atoms with Crippen LogP contribution in [0.25, 0.3) is 0 Å². The van der Waals surface area contributed by atoms with E-state index >= 15 is 0 Å². The molecule has 1 aromatic heterocycles. The molecule has 0 saturated heterocycles. The highest BCUT2D eigenvalue weighted by Crippen LogP contribution is 2.16. The van der Waals surface area contributed by atoms with Gasteiger partial charge in [-0.2, -0.15) is 0 Å². The third-order valence-electron chi connectivity index (χ3n) is 3.98. The van der Waals surface area contributed by atoms with Crippen molar-refractivity contribution in [2.24, 2.45) is 5.92 Å². The van der Waals surface area contributed by atoms with E-state index in [1.165, 1.54) is 12.3 Å². The lowest BCUT2D eigenvalue weighted by atomic mass is 10.1. The number of hydrogen-bond acceptors (Lipinski definition) is 5. The van der Waals surface area contributed by atoms with Crippen LogP contribution in [0.5, 0.6) is 11.5 Å². The lowest BCUT2D eigenvalue weighted by Gasteiger charge is -2.09. The monoisotopic (exact) mass is 385 g/mol. The molecule has 0 saturated carbocycles. The van der Waals surface area contributed by atoms with Gasteiger partial charge in [0.2, 0.25) is 0 Å². The van der Waals surface area contributed by atoms with Crippen LogP contribution in [-0.2, 0) is 0 Å². The average Bonchev–Trinajstić information content (AvgIpc) is 2.71. The Bertz CT molecular complexity index is 775. The molecule has 28 heavy (non-hydrogen) atoms. The van der Waals surface area contributed by atoms with Crippen LogP contribution in [0.3, 0.4) is 0 Å². The zero-order valence-corrected chi connectivity index (χ0v) is 16.5. The molecule has 7 nitrogen and oxygen atoms in total. The summed E-state index contributed by atoms with van der Waals surface area (Å²) >= 11 is 0. The first-order chi connectivity index (χ1) is 13.5. The molecule has 0 atom stereocenters. The van der Waals surface area contributed by atoms with Gasteiger partial charge in [-0.1, -0.05) is 13.8 Å². The van der Waals surface area contributed by atoms with E-state index in [4.69, 9.17) is 9.47 Å². The Morgan fingerprint density at radius 3 is 2.36 bits per heavy atom. The van der Waals surface area contributed by atoms with Crippen molar-refractivity contribution < 1.29 is 19.1 Å². The number of rotatable bonds is 10. The summed E-state index contributed by atoms with van der Waals surface area (Å²) < 4.78 is 10.6. The molecular weight excluding hydrogens is 358 g/mol. The molecule has 2 aromatic rings. The van der Waals surface area contributed by atoms with Crippen molar-refractivity contribution in [1.82, 2.24) is 15.6 Å². The normalized spacial score (nSPS) is 10.4. The van der Waals surface area contributed by atoms with E-state index in [9.17, 15) is 9.59 Å². The van der Waals surface area contributed by atoms with E-state index in [0.717, 1.165) is 12.2 Å². The van der Waals surface area contributed by atoms with Crippen molar-refractivity contribution in [3.05, 3.63) is 53.9 Å². The SMILES string of the molecule is COc1ccc(OCCNC(=O)c2cc(C(=O)NCCC(C)C)ccn2)cc1. The van der Waals surface area contributed by atoms with Gasteiger partial charge in [-0.05, 0) is 48.7 Å². The summed E-state index contributed by atoms with van der Waals surface area (Å²) in [7, 11) is 1.60. The Labute approximate surface area is 165 Å². The topological polar surface area (TPSA) is 89.5 Å². The first-order valence-corrected chi connectivity index (χ1v) is 9.29. The number of amides is 2. The lowest BCUT2D eigenvalue weighted by Crippen LogP contribution is -2.30. The number of aromatic nitrogens is 1. The van der Waals surface area contributed by atoms with Gasteiger partial charge in [0.15, 0.2) is 0 Å². The number of ether oxygens (including phenoxy) is 2. The smallest absolute Gasteiger partial charge is 0.270 e. The van der Waals surface area contributed by atoms with Gasteiger partial charge < -0.3 is 20.1 Å². The van der Waals surface area contributed by atoms with Gasteiger partial charge in [0.25, 0.3) is 11.8 Å². The highest BCUT2D eigenvalue weighted by atomic mass is 16.5. The maximum Gasteiger partial charge on any atom is 0.270 e. The highest BCUT2D eigenvalue weighted by Gasteiger charge is 2.11. The van der Waals surface area contributed by atoms with Gasteiger partial charge in [0.05, 0.1) is 13.7 Å². The van der Waals surface area contributed by atoms with E-state index < -0.39 is 0 Å².